The van der Waals surface area contributed by atoms with E-state index in [-0.39, 0.29) is 23.0 Å². The standard InChI is InChI=1S/C23H28N2O4/c26-20(24-18-16-6-13-28-19(16)22(18)7-3-8-22)21(27)25-11-9-23(10-12-25)17-5-2-1-4-15(17)14-29-23/h1-2,4-5,16,18-19H,3,6-14H2,(H,24,26). The number of rotatable bonds is 1. The molecule has 4 fully saturated rings. The van der Waals surface area contributed by atoms with E-state index >= 15 is 0 Å². The van der Waals surface area contributed by atoms with Gasteiger partial charge in [0.05, 0.1) is 18.3 Å². The third kappa shape index (κ3) is 2.42. The molecule has 0 aromatic heterocycles. The molecule has 3 heterocycles. The van der Waals surface area contributed by atoms with E-state index in [9.17, 15) is 9.59 Å². The highest BCUT2D eigenvalue weighted by atomic mass is 16.5. The van der Waals surface area contributed by atoms with E-state index in [1.165, 1.54) is 17.5 Å². The molecule has 29 heavy (non-hydrogen) atoms. The van der Waals surface area contributed by atoms with Crippen LogP contribution in [0, 0.1) is 11.3 Å². The first-order valence-corrected chi connectivity index (χ1v) is 11.1. The van der Waals surface area contributed by atoms with Crippen molar-refractivity contribution in [1.82, 2.24) is 10.2 Å². The molecule has 2 aliphatic carbocycles. The highest BCUT2D eigenvalue weighted by molar-refractivity contribution is 6.35. The quantitative estimate of drug-likeness (QED) is 0.739. The molecule has 3 atom stereocenters. The predicted molar refractivity (Wildman–Crippen MR) is 105 cm³/mol. The monoisotopic (exact) mass is 396 g/mol. The van der Waals surface area contributed by atoms with E-state index in [0.717, 1.165) is 38.7 Å². The molecule has 2 saturated carbocycles. The van der Waals surface area contributed by atoms with Crippen LogP contribution in [0.3, 0.4) is 0 Å². The maximum Gasteiger partial charge on any atom is 0.311 e. The van der Waals surface area contributed by atoms with Gasteiger partial charge in [0, 0.05) is 37.1 Å². The number of piperidine rings is 1. The smallest absolute Gasteiger partial charge is 0.311 e. The second kappa shape index (κ2) is 6.29. The van der Waals surface area contributed by atoms with Crippen LogP contribution in [-0.4, -0.2) is 48.6 Å². The van der Waals surface area contributed by atoms with Gasteiger partial charge in [-0.3, -0.25) is 9.59 Å². The summed E-state index contributed by atoms with van der Waals surface area (Å²) < 4.78 is 12.1. The van der Waals surface area contributed by atoms with Crippen LogP contribution < -0.4 is 5.32 Å². The molecule has 6 heteroatoms. The molecule has 3 unspecified atom stereocenters. The number of likely N-dealkylation sites (tertiary alicyclic amines) is 1. The van der Waals surface area contributed by atoms with E-state index in [4.69, 9.17) is 9.47 Å². The van der Waals surface area contributed by atoms with Gasteiger partial charge in [0.2, 0.25) is 0 Å². The fourth-order valence-corrected chi connectivity index (χ4v) is 6.67. The van der Waals surface area contributed by atoms with Gasteiger partial charge in [-0.15, -0.1) is 0 Å². The average molecular weight is 396 g/mol. The SMILES string of the molecule is O=C(NC1C2CCOC2C12CCC2)C(=O)N1CCC2(CC1)OCc1ccccc12. The van der Waals surface area contributed by atoms with Crippen molar-refractivity contribution in [3.8, 4) is 0 Å². The van der Waals surface area contributed by atoms with E-state index < -0.39 is 5.91 Å². The second-order valence-electron chi connectivity index (χ2n) is 9.51. The largest absolute Gasteiger partial charge is 0.377 e. The van der Waals surface area contributed by atoms with E-state index in [0.29, 0.717) is 31.7 Å². The van der Waals surface area contributed by atoms with Crippen molar-refractivity contribution in [2.45, 2.75) is 62.9 Å². The van der Waals surface area contributed by atoms with Crippen LogP contribution in [-0.2, 0) is 31.3 Å². The molecule has 1 aromatic rings. The number of nitrogens with one attached hydrogen (secondary N) is 1. The minimum Gasteiger partial charge on any atom is -0.377 e. The summed E-state index contributed by atoms with van der Waals surface area (Å²) in [5, 5.41) is 3.11. The molecule has 2 saturated heterocycles. The van der Waals surface area contributed by atoms with E-state index in [1.54, 1.807) is 4.90 Å². The molecule has 3 aliphatic heterocycles. The number of hydrogen-bond donors (Lipinski definition) is 1. The Morgan fingerprint density at radius 2 is 1.90 bits per heavy atom. The Balaban J connectivity index is 1.10. The Kier molecular flexibility index (Phi) is 3.88. The summed E-state index contributed by atoms with van der Waals surface area (Å²) in [6, 6.07) is 8.46. The van der Waals surface area contributed by atoms with Crippen molar-refractivity contribution >= 4 is 11.8 Å². The van der Waals surface area contributed by atoms with Gasteiger partial charge in [0.15, 0.2) is 0 Å². The van der Waals surface area contributed by atoms with E-state index in [1.807, 2.05) is 6.07 Å². The summed E-state index contributed by atoms with van der Waals surface area (Å²) in [6.45, 7) is 2.54. The van der Waals surface area contributed by atoms with Crippen LogP contribution in [0.4, 0.5) is 0 Å². The Morgan fingerprint density at radius 1 is 1.10 bits per heavy atom. The third-order valence-corrected chi connectivity index (χ3v) is 8.39. The van der Waals surface area contributed by atoms with Gasteiger partial charge < -0.3 is 19.7 Å². The summed E-state index contributed by atoms with van der Waals surface area (Å²) >= 11 is 0. The minimum absolute atomic E-state index is 0.102. The van der Waals surface area contributed by atoms with Crippen LogP contribution in [0.25, 0.3) is 0 Å². The van der Waals surface area contributed by atoms with Crippen LogP contribution >= 0.6 is 0 Å². The van der Waals surface area contributed by atoms with Crippen LogP contribution in [0.15, 0.2) is 24.3 Å². The third-order valence-electron chi connectivity index (χ3n) is 8.39. The first-order chi connectivity index (χ1) is 14.1. The number of carbonyl (C=O) groups is 2. The first-order valence-electron chi connectivity index (χ1n) is 11.1. The molecule has 6 rings (SSSR count). The Morgan fingerprint density at radius 3 is 2.66 bits per heavy atom. The minimum atomic E-state index is -0.435. The van der Waals surface area contributed by atoms with Gasteiger partial charge in [0.25, 0.3) is 0 Å². The molecule has 5 aliphatic rings. The van der Waals surface area contributed by atoms with Gasteiger partial charge in [0.1, 0.15) is 0 Å². The fraction of sp³-hybridized carbons (Fsp3) is 0.652. The number of carbonyl (C=O) groups excluding carboxylic acids is 2. The Bertz CT molecular complexity index is 856. The van der Waals surface area contributed by atoms with Gasteiger partial charge >= 0.3 is 11.8 Å². The number of ether oxygens (including phenoxy) is 2. The van der Waals surface area contributed by atoms with Crippen LogP contribution in [0.5, 0.6) is 0 Å². The molecule has 1 N–H and O–H groups in total. The van der Waals surface area contributed by atoms with Crippen molar-refractivity contribution in [3.05, 3.63) is 35.4 Å². The maximum atomic E-state index is 12.9. The number of fused-ring (bicyclic) bond motifs is 4. The van der Waals surface area contributed by atoms with Gasteiger partial charge in [-0.2, -0.15) is 0 Å². The summed E-state index contributed by atoms with van der Waals surface area (Å²) in [6.07, 6.45) is 6.19. The first kappa shape index (κ1) is 17.9. The van der Waals surface area contributed by atoms with Gasteiger partial charge in [-0.05, 0) is 43.2 Å². The number of nitrogens with zero attached hydrogens (tertiary/aromatic N) is 1. The Labute approximate surface area is 170 Å². The fourth-order valence-electron chi connectivity index (χ4n) is 6.67. The lowest BCUT2D eigenvalue weighted by molar-refractivity contribution is -0.181. The maximum absolute atomic E-state index is 12.9. The number of amides is 2. The highest BCUT2D eigenvalue weighted by Crippen LogP contribution is 2.62. The molecule has 2 spiro atoms. The molecule has 6 nitrogen and oxygen atoms in total. The molecule has 154 valence electrons. The molecular weight excluding hydrogens is 368 g/mol. The van der Waals surface area contributed by atoms with Crippen molar-refractivity contribution in [2.24, 2.45) is 11.3 Å². The summed E-state index contributed by atoms with van der Waals surface area (Å²) in [5.41, 5.74) is 2.31. The molecule has 2 amide bonds. The van der Waals surface area contributed by atoms with Crippen LogP contribution in [0.1, 0.15) is 49.7 Å². The zero-order chi connectivity index (χ0) is 19.6. The van der Waals surface area contributed by atoms with Crippen LogP contribution in [0.2, 0.25) is 0 Å². The number of hydrogen-bond acceptors (Lipinski definition) is 4. The molecular formula is C23H28N2O4. The topological polar surface area (TPSA) is 67.9 Å². The van der Waals surface area contributed by atoms with Crippen molar-refractivity contribution < 1.29 is 19.1 Å². The lowest BCUT2D eigenvalue weighted by Crippen LogP contribution is -2.72. The van der Waals surface area contributed by atoms with Gasteiger partial charge in [-0.25, -0.2) is 0 Å². The Hall–Kier alpha value is -1.92. The summed E-state index contributed by atoms with van der Waals surface area (Å²) in [5.74, 6) is -0.432. The lowest BCUT2D eigenvalue weighted by atomic mass is 9.46. The zero-order valence-electron chi connectivity index (χ0n) is 16.7. The molecule has 0 radical (unpaired) electrons. The van der Waals surface area contributed by atoms with Crippen molar-refractivity contribution in [2.75, 3.05) is 19.7 Å². The summed E-state index contributed by atoms with van der Waals surface area (Å²) in [4.78, 5) is 27.4. The predicted octanol–water partition coefficient (Wildman–Crippen LogP) is 2.11. The van der Waals surface area contributed by atoms with Gasteiger partial charge in [-0.1, -0.05) is 30.7 Å². The average Bonchev–Trinajstić information content (AvgIpc) is 3.29. The number of benzene rings is 1. The summed E-state index contributed by atoms with van der Waals surface area (Å²) in [7, 11) is 0. The normalized spacial score (nSPS) is 33.0. The van der Waals surface area contributed by atoms with Crippen molar-refractivity contribution in [1.29, 1.82) is 0 Å². The second-order valence-corrected chi connectivity index (χ2v) is 9.51. The molecule has 0 bridgehead atoms. The van der Waals surface area contributed by atoms with E-state index in [2.05, 4.69) is 23.5 Å². The lowest BCUT2D eigenvalue weighted by Gasteiger charge is -2.63. The zero-order valence-corrected chi connectivity index (χ0v) is 16.7. The highest BCUT2D eigenvalue weighted by Gasteiger charge is 2.67. The molecule has 1 aromatic carbocycles. The van der Waals surface area contributed by atoms with Crippen molar-refractivity contribution in [3.63, 3.8) is 0 Å².